The van der Waals surface area contributed by atoms with E-state index < -0.39 is 19.0 Å². The van der Waals surface area contributed by atoms with Gasteiger partial charge in [-0.05, 0) is 25.0 Å². The molecule has 0 radical (unpaired) electrons. The number of likely N-dealkylation sites (N-methyl/N-ethyl adjacent to an activating group) is 1. The third-order valence-corrected chi connectivity index (χ3v) is 4.37. The molecular weight excluding hydrogens is 342 g/mol. The molecule has 2 heterocycles. The largest absolute Gasteiger partial charge is 0.491 e. The van der Waals surface area contributed by atoms with Crippen molar-refractivity contribution in [1.82, 2.24) is 15.2 Å². The van der Waals surface area contributed by atoms with Gasteiger partial charge in [-0.3, -0.25) is 14.6 Å². The molecule has 0 saturated carbocycles. The van der Waals surface area contributed by atoms with Gasteiger partial charge in [0.25, 0.3) is 5.91 Å². The number of hydrogen-bond acceptors (Lipinski definition) is 5. The zero-order valence-corrected chi connectivity index (χ0v) is 14.1. The zero-order valence-electron chi connectivity index (χ0n) is 14.1. The molecule has 26 heavy (non-hydrogen) atoms. The van der Waals surface area contributed by atoms with Gasteiger partial charge < -0.3 is 15.4 Å². The van der Waals surface area contributed by atoms with Crippen LogP contribution in [0.1, 0.15) is 12.8 Å². The molecule has 1 fully saturated rings. The van der Waals surface area contributed by atoms with Crippen LogP contribution in [0.2, 0.25) is 0 Å². The summed E-state index contributed by atoms with van der Waals surface area (Å²) in [7, 11) is -0.461. The van der Waals surface area contributed by atoms with E-state index in [0.29, 0.717) is 30.7 Å². The molecule has 3 rings (SSSR count). The summed E-state index contributed by atoms with van der Waals surface area (Å²) < 4.78 is 14.5. The van der Waals surface area contributed by atoms with Gasteiger partial charge in [0.2, 0.25) is 0 Å². The number of anilines is 1. The van der Waals surface area contributed by atoms with Crippen LogP contribution < -0.4 is 15.7 Å². The second-order valence-electron chi connectivity index (χ2n) is 5.91. The SMILES string of the molecule is CNC(=O)C1=CCCC(N2CCN(c3nccc(B(O)O)c3F)C2=O)=C1. The lowest BCUT2D eigenvalue weighted by Crippen LogP contribution is -2.37. The van der Waals surface area contributed by atoms with Gasteiger partial charge in [-0.25, -0.2) is 14.2 Å². The molecule has 1 saturated heterocycles. The number of rotatable bonds is 4. The molecule has 3 N–H and O–H groups in total. The Morgan fingerprint density at radius 1 is 1.35 bits per heavy atom. The van der Waals surface area contributed by atoms with Crippen LogP contribution in [0.3, 0.4) is 0 Å². The van der Waals surface area contributed by atoms with Gasteiger partial charge in [0.05, 0.1) is 0 Å². The maximum absolute atomic E-state index is 14.5. The minimum absolute atomic E-state index is 0.199. The van der Waals surface area contributed by atoms with E-state index in [9.17, 15) is 24.0 Å². The Morgan fingerprint density at radius 2 is 2.08 bits per heavy atom. The van der Waals surface area contributed by atoms with Gasteiger partial charge in [-0.15, -0.1) is 0 Å². The Hall–Kier alpha value is -2.72. The fourth-order valence-electron chi connectivity index (χ4n) is 3.04. The van der Waals surface area contributed by atoms with E-state index >= 15 is 0 Å². The number of halogens is 1. The van der Waals surface area contributed by atoms with Crippen molar-refractivity contribution < 1.29 is 24.0 Å². The smallest absolute Gasteiger partial charge is 0.423 e. The monoisotopic (exact) mass is 360 g/mol. The highest BCUT2D eigenvalue weighted by Crippen LogP contribution is 2.27. The predicted molar refractivity (Wildman–Crippen MR) is 92.9 cm³/mol. The molecule has 1 aliphatic heterocycles. The highest BCUT2D eigenvalue weighted by atomic mass is 19.1. The lowest BCUT2D eigenvalue weighted by Gasteiger charge is -2.23. The van der Waals surface area contributed by atoms with Crippen molar-refractivity contribution in [2.75, 3.05) is 25.0 Å². The standard InChI is InChI=1S/C16H18BFN4O4/c1-19-15(23)10-3-2-4-11(9-10)21-7-8-22(16(21)24)14-13(18)12(17(25)26)5-6-20-14/h3,5-6,9,25-26H,2,4,7-8H2,1H3,(H,19,23). The summed E-state index contributed by atoms with van der Waals surface area (Å²) in [4.78, 5) is 31.1. The molecular formula is C16H18BFN4O4. The first-order valence-corrected chi connectivity index (χ1v) is 8.16. The average Bonchev–Trinajstić information content (AvgIpc) is 3.02. The molecule has 0 atom stereocenters. The van der Waals surface area contributed by atoms with E-state index in [1.54, 1.807) is 12.2 Å². The quantitative estimate of drug-likeness (QED) is 0.628. The molecule has 1 aliphatic carbocycles. The van der Waals surface area contributed by atoms with Crippen LogP contribution in [0.4, 0.5) is 15.0 Å². The fourth-order valence-corrected chi connectivity index (χ4v) is 3.04. The third kappa shape index (κ3) is 3.20. The number of aromatic nitrogens is 1. The van der Waals surface area contributed by atoms with Crippen molar-refractivity contribution in [1.29, 1.82) is 0 Å². The Bertz CT molecular complexity index is 811. The van der Waals surface area contributed by atoms with Gasteiger partial charge >= 0.3 is 13.1 Å². The summed E-state index contributed by atoms with van der Waals surface area (Å²) in [5.41, 5.74) is 0.815. The summed E-state index contributed by atoms with van der Waals surface area (Å²) >= 11 is 0. The van der Waals surface area contributed by atoms with Crippen LogP contribution in [0.15, 0.2) is 35.7 Å². The Balaban J connectivity index is 1.85. The normalized spacial score (nSPS) is 17.2. The molecule has 1 aromatic rings. The van der Waals surface area contributed by atoms with Crippen LogP contribution in [-0.4, -0.2) is 59.1 Å². The van der Waals surface area contributed by atoms with Crippen molar-refractivity contribution in [3.63, 3.8) is 0 Å². The summed E-state index contributed by atoms with van der Waals surface area (Å²) in [5, 5.41) is 21.0. The number of amides is 3. The Morgan fingerprint density at radius 3 is 2.77 bits per heavy atom. The molecule has 3 amide bonds. The van der Waals surface area contributed by atoms with Crippen LogP contribution in [-0.2, 0) is 4.79 Å². The summed E-state index contributed by atoms with van der Waals surface area (Å²) in [6.45, 7) is 0.517. The fraction of sp³-hybridized carbons (Fsp3) is 0.312. The molecule has 2 aliphatic rings. The first-order valence-electron chi connectivity index (χ1n) is 8.16. The second kappa shape index (κ2) is 7.26. The van der Waals surface area contributed by atoms with E-state index in [1.807, 2.05) is 0 Å². The third-order valence-electron chi connectivity index (χ3n) is 4.37. The lowest BCUT2D eigenvalue weighted by molar-refractivity contribution is -0.116. The van der Waals surface area contributed by atoms with E-state index in [1.165, 1.54) is 18.1 Å². The summed E-state index contributed by atoms with van der Waals surface area (Å²) in [5.74, 6) is -1.43. The first-order chi connectivity index (χ1) is 12.4. The summed E-state index contributed by atoms with van der Waals surface area (Å²) in [6, 6.07) is 0.678. The minimum Gasteiger partial charge on any atom is -0.423 e. The average molecular weight is 360 g/mol. The number of carbonyl (C=O) groups is 2. The molecule has 0 unspecified atom stereocenters. The van der Waals surface area contributed by atoms with E-state index in [0.717, 1.165) is 11.0 Å². The molecule has 0 spiro atoms. The number of allylic oxidation sites excluding steroid dienone is 2. The van der Waals surface area contributed by atoms with Gasteiger partial charge in [0.1, 0.15) is 0 Å². The van der Waals surface area contributed by atoms with Crippen molar-refractivity contribution in [2.24, 2.45) is 0 Å². The highest BCUT2D eigenvalue weighted by molar-refractivity contribution is 6.58. The Labute approximate surface area is 149 Å². The van der Waals surface area contributed by atoms with E-state index in [-0.39, 0.29) is 23.7 Å². The highest BCUT2D eigenvalue weighted by Gasteiger charge is 2.35. The number of urea groups is 1. The van der Waals surface area contributed by atoms with Crippen LogP contribution >= 0.6 is 0 Å². The molecule has 8 nitrogen and oxygen atoms in total. The minimum atomic E-state index is -1.99. The van der Waals surface area contributed by atoms with Gasteiger partial charge in [-0.2, -0.15) is 0 Å². The molecule has 136 valence electrons. The van der Waals surface area contributed by atoms with Crippen LogP contribution in [0, 0.1) is 5.82 Å². The maximum Gasteiger partial charge on any atom is 0.491 e. The van der Waals surface area contributed by atoms with Crippen molar-refractivity contribution in [2.45, 2.75) is 12.8 Å². The van der Waals surface area contributed by atoms with Gasteiger partial charge in [0, 0.05) is 43.1 Å². The summed E-state index contributed by atoms with van der Waals surface area (Å²) in [6.07, 6.45) is 5.88. The van der Waals surface area contributed by atoms with Crippen molar-refractivity contribution >= 4 is 30.3 Å². The van der Waals surface area contributed by atoms with E-state index in [2.05, 4.69) is 10.3 Å². The first kappa shape index (κ1) is 18.1. The number of hydrogen-bond donors (Lipinski definition) is 3. The lowest BCUT2D eigenvalue weighted by atomic mass is 9.80. The molecule has 0 aromatic carbocycles. The molecule has 0 bridgehead atoms. The molecule has 1 aromatic heterocycles. The number of nitrogens with one attached hydrogen (secondary N) is 1. The van der Waals surface area contributed by atoms with Gasteiger partial charge in [-0.1, -0.05) is 6.08 Å². The van der Waals surface area contributed by atoms with Gasteiger partial charge in [0.15, 0.2) is 11.6 Å². The molecule has 10 heteroatoms. The number of nitrogens with zero attached hydrogens (tertiary/aromatic N) is 3. The second-order valence-corrected chi connectivity index (χ2v) is 5.91. The van der Waals surface area contributed by atoms with Crippen LogP contribution in [0.25, 0.3) is 0 Å². The Kier molecular flexibility index (Phi) is 5.05. The zero-order chi connectivity index (χ0) is 18.8. The predicted octanol–water partition coefficient (Wildman–Crippen LogP) is -0.507. The maximum atomic E-state index is 14.5. The number of carbonyl (C=O) groups excluding carboxylic acids is 2. The van der Waals surface area contributed by atoms with E-state index in [4.69, 9.17) is 0 Å². The van der Waals surface area contributed by atoms with Crippen LogP contribution in [0.5, 0.6) is 0 Å². The van der Waals surface area contributed by atoms with Crippen molar-refractivity contribution in [3.05, 3.63) is 41.5 Å². The van der Waals surface area contributed by atoms with Crippen molar-refractivity contribution in [3.8, 4) is 0 Å². The number of pyridine rings is 1. The topological polar surface area (TPSA) is 106 Å².